The Balaban J connectivity index is 0.00000433. The summed E-state index contributed by atoms with van der Waals surface area (Å²) in [6, 6.07) is 39.5. The third kappa shape index (κ3) is 6.86. The highest BCUT2D eigenvalue weighted by Crippen LogP contribution is 2.36. The Bertz CT molecular complexity index is 1910. The van der Waals surface area contributed by atoms with Gasteiger partial charge in [-0.05, 0) is 31.6 Å². The van der Waals surface area contributed by atoms with Gasteiger partial charge in [0, 0.05) is 40.6 Å². The van der Waals surface area contributed by atoms with E-state index in [1.807, 2.05) is 63.4 Å². The molecule has 0 bridgehead atoms. The van der Waals surface area contributed by atoms with Crippen LogP contribution in [0.25, 0.3) is 10.9 Å². The zero-order chi connectivity index (χ0) is 32.1. The maximum Gasteiger partial charge on any atom is 0.245 e. The molecule has 2 heterocycles. The highest BCUT2D eigenvalue weighted by Gasteiger charge is 2.43. The van der Waals surface area contributed by atoms with Gasteiger partial charge in [-0.3, -0.25) is 9.59 Å². The molecule has 6 nitrogen and oxygen atoms in total. The van der Waals surface area contributed by atoms with Crippen LogP contribution < -0.4 is 33.9 Å². The second-order valence-electron chi connectivity index (χ2n) is 11.9. The van der Waals surface area contributed by atoms with E-state index in [1.165, 1.54) is 0 Å². The molecule has 2 N–H and O–H groups in total. The van der Waals surface area contributed by atoms with Crippen molar-refractivity contribution in [2.45, 2.75) is 32.2 Å². The van der Waals surface area contributed by atoms with Crippen LogP contribution in [-0.2, 0) is 30.2 Å². The number of H-pyrrole nitrogens is 1. The summed E-state index contributed by atoms with van der Waals surface area (Å²) in [4.78, 5) is 29.5. The number of aromatic amines is 1. The first-order valence-corrected chi connectivity index (χ1v) is 15.7. The summed E-state index contributed by atoms with van der Waals surface area (Å²) >= 11 is 0. The lowest BCUT2D eigenvalue weighted by atomic mass is 9.77. The van der Waals surface area contributed by atoms with Crippen LogP contribution in [0, 0.1) is 0 Å². The van der Waals surface area contributed by atoms with Gasteiger partial charge >= 0.3 is 0 Å². The molecule has 0 radical (unpaired) electrons. The number of nitrogens with zero attached hydrogens (tertiary/aromatic N) is 2. The number of allylic oxidation sites excluding steroid dienone is 2. The Morgan fingerprint density at radius 2 is 1.34 bits per heavy atom. The van der Waals surface area contributed by atoms with E-state index in [-0.39, 0.29) is 42.1 Å². The zero-order valence-electron chi connectivity index (χ0n) is 26.9. The topological polar surface area (TPSA) is 70.8 Å². The quantitative estimate of drug-likeness (QED) is 0.0702. The van der Waals surface area contributed by atoms with E-state index < -0.39 is 5.54 Å². The second kappa shape index (κ2) is 14.8. The molecular weight excluding hydrogens is 695 g/mol. The van der Waals surface area contributed by atoms with Crippen molar-refractivity contribution in [3.05, 3.63) is 173 Å². The molecule has 1 amide bonds. The summed E-state index contributed by atoms with van der Waals surface area (Å²) in [5.41, 5.74) is 6.90. The fourth-order valence-electron chi connectivity index (χ4n) is 6.44. The molecule has 47 heavy (non-hydrogen) atoms. The number of aromatic nitrogens is 3. The maximum absolute atomic E-state index is 13.3. The van der Waals surface area contributed by atoms with Crippen LogP contribution >= 0.6 is 0 Å². The van der Waals surface area contributed by atoms with Crippen molar-refractivity contribution in [3.8, 4) is 0 Å². The number of ketones is 1. The highest BCUT2D eigenvalue weighted by molar-refractivity contribution is 6.09. The Labute approximate surface area is 293 Å². The number of carbonyl (C=O) groups is 2. The molecule has 7 heteroatoms. The smallest absolute Gasteiger partial charge is 0.245 e. The number of nitrogens with one attached hydrogen (secondary N) is 2. The number of halogens is 1. The van der Waals surface area contributed by atoms with Gasteiger partial charge in [0.25, 0.3) is 0 Å². The van der Waals surface area contributed by atoms with E-state index in [0.29, 0.717) is 18.7 Å². The van der Waals surface area contributed by atoms with Crippen LogP contribution in [0.1, 0.15) is 52.3 Å². The minimum absolute atomic E-state index is 0. The van der Waals surface area contributed by atoms with E-state index in [1.54, 1.807) is 6.08 Å². The molecule has 4 aromatic carbocycles. The van der Waals surface area contributed by atoms with E-state index in [4.69, 9.17) is 0 Å². The minimum atomic E-state index is -0.605. The van der Waals surface area contributed by atoms with Gasteiger partial charge in [-0.1, -0.05) is 115 Å². The number of fused-ring (bicyclic) bond motifs is 1. The first-order valence-electron chi connectivity index (χ1n) is 15.7. The molecule has 0 unspecified atom stereocenters. The van der Waals surface area contributed by atoms with Gasteiger partial charge in [-0.2, -0.15) is 0 Å². The van der Waals surface area contributed by atoms with Crippen molar-refractivity contribution in [3.63, 3.8) is 0 Å². The Morgan fingerprint density at radius 1 is 0.809 bits per heavy atom. The van der Waals surface area contributed by atoms with Gasteiger partial charge in [-0.15, -0.1) is 0 Å². The Hall–Kier alpha value is -4.76. The van der Waals surface area contributed by atoms with Crippen molar-refractivity contribution in [2.75, 3.05) is 6.54 Å². The number of para-hydroxylation sites is 1. The molecular formula is C40H39IN4O2. The van der Waals surface area contributed by atoms with E-state index >= 15 is 0 Å². The molecule has 6 rings (SSSR count). The predicted molar refractivity (Wildman–Crippen MR) is 183 cm³/mol. The molecule has 0 saturated carbocycles. The van der Waals surface area contributed by atoms with Gasteiger partial charge < -0.3 is 34.3 Å². The van der Waals surface area contributed by atoms with Crippen LogP contribution in [0.3, 0.4) is 0 Å². The van der Waals surface area contributed by atoms with E-state index in [0.717, 1.165) is 44.4 Å². The van der Waals surface area contributed by atoms with Gasteiger partial charge in [0.1, 0.15) is 11.9 Å². The number of amides is 1. The summed E-state index contributed by atoms with van der Waals surface area (Å²) < 4.78 is 4.42. The fraction of sp³-hybridized carbons (Fsp3) is 0.175. The third-order valence-corrected chi connectivity index (χ3v) is 8.52. The average molecular weight is 735 g/mol. The molecule has 0 spiro atoms. The van der Waals surface area contributed by atoms with E-state index in [2.05, 4.69) is 105 Å². The zero-order valence-corrected chi connectivity index (χ0v) is 29.1. The summed E-state index contributed by atoms with van der Waals surface area (Å²) in [6.45, 7) is 4.25. The molecule has 238 valence electrons. The minimum Gasteiger partial charge on any atom is -1.00 e. The summed E-state index contributed by atoms with van der Waals surface area (Å²) in [5.74, 6) is -0.239. The first-order chi connectivity index (χ1) is 22.4. The predicted octanol–water partition coefficient (Wildman–Crippen LogP) is 3.69. The molecule has 0 fully saturated rings. The van der Waals surface area contributed by atoms with Crippen molar-refractivity contribution in [2.24, 2.45) is 7.05 Å². The number of hydrogen-bond donors (Lipinski definition) is 2. The van der Waals surface area contributed by atoms with E-state index in [9.17, 15) is 9.59 Å². The van der Waals surface area contributed by atoms with Crippen molar-refractivity contribution < 1.29 is 38.1 Å². The summed E-state index contributed by atoms with van der Waals surface area (Å²) in [7, 11) is 2.05. The van der Waals surface area contributed by atoms with Crippen LogP contribution in [0.4, 0.5) is 0 Å². The maximum atomic E-state index is 13.3. The number of rotatable bonds is 11. The van der Waals surface area contributed by atoms with Gasteiger partial charge in [0.05, 0.1) is 19.2 Å². The van der Waals surface area contributed by atoms with Crippen LogP contribution in [-0.4, -0.2) is 27.8 Å². The summed E-state index contributed by atoms with van der Waals surface area (Å²) in [5, 5.41) is 4.00. The second-order valence-corrected chi connectivity index (χ2v) is 11.9. The molecule has 6 aromatic rings. The monoisotopic (exact) mass is 734 g/mol. The molecule has 0 atom stereocenters. The number of imidazole rings is 1. The van der Waals surface area contributed by atoms with Gasteiger partial charge in [0.2, 0.25) is 18.0 Å². The Morgan fingerprint density at radius 3 is 1.89 bits per heavy atom. The normalized spacial score (nSPS) is 11.1. The number of carbonyl (C=O) groups excluding carboxylic acids is 2. The first kappa shape index (κ1) is 33.6. The third-order valence-electron chi connectivity index (χ3n) is 8.52. The standard InChI is InChI=1S/C40H38N4O2.HI/c1-29(2)25-37(45)39-35(34-21-13-14-22-36(34)42-39)26-38(46)41-24-23-33-27-44(28-43(33)3)40(30-15-7-4-8-16-30,31-17-9-5-10-18-31)32-19-11-6-12-20-32;/h4-22,25,27-28H,23-24,26H2,1-3H3,(H-,41,42,45,46);1H. The van der Waals surface area contributed by atoms with Crippen molar-refractivity contribution in [1.29, 1.82) is 0 Å². The molecule has 0 aliphatic rings. The van der Waals surface area contributed by atoms with Gasteiger partial charge in [-0.25, -0.2) is 9.13 Å². The van der Waals surface area contributed by atoms with Crippen LogP contribution in [0.2, 0.25) is 0 Å². The SMILES string of the molecule is CC(C)=CC(=O)c1[nH]c2ccccc2c1CC(=O)NCCc1c[n+](C(c2ccccc2)(c2ccccc2)c2ccccc2)cn1C.[I-]. The van der Waals surface area contributed by atoms with Crippen molar-refractivity contribution >= 4 is 22.6 Å². The van der Waals surface area contributed by atoms with Crippen LogP contribution in [0.15, 0.2) is 139 Å². The lowest BCUT2D eigenvalue weighted by Crippen LogP contribution is -3.00. The molecule has 0 saturated heterocycles. The van der Waals surface area contributed by atoms with Crippen molar-refractivity contribution in [1.82, 2.24) is 14.9 Å². The molecule has 0 aliphatic carbocycles. The molecule has 0 aliphatic heterocycles. The lowest BCUT2D eigenvalue weighted by molar-refractivity contribution is -0.734. The number of aryl methyl sites for hydroxylation is 1. The summed E-state index contributed by atoms with van der Waals surface area (Å²) in [6.07, 6.45) is 6.69. The highest BCUT2D eigenvalue weighted by atomic mass is 127. The van der Waals surface area contributed by atoms with Crippen LogP contribution in [0.5, 0.6) is 0 Å². The van der Waals surface area contributed by atoms with Gasteiger partial charge in [0.15, 0.2) is 5.54 Å². The number of hydrogen-bond acceptors (Lipinski definition) is 2. The molecule has 2 aromatic heterocycles. The fourth-order valence-corrected chi connectivity index (χ4v) is 6.44. The number of benzene rings is 4. The lowest BCUT2D eigenvalue weighted by Gasteiger charge is -2.32. The average Bonchev–Trinajstić information content (AvgIpc) is 3.63. The largest absolute Gasteiger partial charge is 1.00 e. The Kier molecular flexibility index (Phi) is 10.6.